The summed E-state index contributed by atoms with van der Waals surface area (Å²) in [4.78, 5) is 28.4. The number of rotatable bonds is 6. The fraction of sp³-hybridized carbons (Fsp3) is 0.667. The van der Waals surface area contributed by atoms with Gasteiger partial charge in [-0.15, -0.1) is 0 Å². The van der Waals surface area contributed by atoms with Crippen LogP contribution in [0.15, 0.2) is 24.3 Å². The fourth-order valence-corrected chi connectivity index (χ4v) is 3.48. The first-order valence-corrected chi connectivity index (χ1v) is 11.2. The highest BCUT2D eigenvalue weighted by Crippen LogP contribution is 2.22. The SMILES string of the molecule is CCN(Cc1cccc(NCC2CCCN2C(=O)OC(C)(C)C)c1)C(=O)OC(C)(C)C. The van der Waals surface area contributed by atoms with Gasteiger partial charge in [-0.2, -0.15) is 0 Å². The molecule has 0 saturated carbocycles. The zero-order valence-corrected chi connectivity index (χ0v) is 20.2. The van der Waals surface area contributed by atoms with Crippen LogP contribution in [0.5, 0.6) is 0 Å². The quantitative estimate of drug-likeness (QED) is 0.663. The van der Waals surface area contributed by atoms with Crippen molar-refractivity contribution >= 4 is 17.9 Å². The lowest BCUT2D eigenvalue weighted by molar-refractivity contribution is 0.0228. The molecule has 2 amide bonds. The Bertz CT molecular complexity index is 752. The molecule has 1 aromatic rings. The highest BCUT2D eigenvalue weighted by atomic mass is 16.6. The smallest absolute Gasteiger partial charge is 0.410 e. The van der Waals surface area contributed by atoms with Crippen molar-refractivity contribution in [3.05, 3.63) is 29.8 Å². The van der Waals surface area contributed by atoms with Crippen LogP contribution < -0.4 is 5.32 Å². The Morgan fingerprint density at radius 2 is 1.81 bits per heavy atom. The first-order valence-electron chi connectivity index (χ1n) is 11.2. The van der Waals surface area contributed by atoms with E-state index in [0.717, 1.165) is 30.6 Å². The molecule has 174 valence electrons. The zero-order valence-electron chi connectivity index (χ0n) is 20.2. The van der Waals surface area contributed by atoms with Crippen LogP contribution >= 0.6 is 0 Å². The summed E-state index contributed by atoms with van der Waals surface area (Å²) in [5.74, 6) is 0. The second kappa shape index (κ2) is 10.2. The number of benzene rings is 1. The first kappa shape index (κ1) is 24.8. The van der Waals surface area contributed by atoms with Crippen LogP contribution in [0.4, 0.5) is 15.3 Å². The van der Waals surface area contributed by atoms with E-state index in [1.165, 1.54) is 0 Å². The third kappa shape index (κ3) is 8.31. The lowest BCUT2D eigenvalue weighted by Gasteiger charge is -2.29. The summed E-state index contributed by atoms with van der Waals surface area (Å²) < 4.78 is 11.0. The molecule has 0 aromatic heterocycles. The molecule has 1 aromatic carbocycles. The van der Waals surface area contributed by atoms with Gasteiger partial charge in [0.15, 0.2) is 0 Å². The van der Waals surface area contributed by atoms with Crippen LogP contribution in [-0.2, 0) is 16.0 Å². The van der Waals surface area contributed by atoms with E-state index in [4.69, 9.17) is 9.47 Å². The molecule has 1 aliphatic heterocycles. The standard InChI is InChI=1S/C24H39N3O4/c1-8-26(21(28)30-23(2,3)4)17-18-11-9-12-19(15-18)25-16-20-13-10-14-27(20)22(29)31-24(5,6)7/h9,11-12,15,20,25H,8,10,13-14,16-17H2,1-7H3. The second-order valence-corrected chi connectivity index (χ2v) is 10.0. The number of carbonyl (C=O) groups excluding carboxylic acids is 2. The highest BCUT2D eigenvalue weighted by Gasteiger charge is 2.32. The average Bonchev–Trinajstić information content (AvgIpc) is 3.11. The number of nitrogens with zero attached hydrogens (tertiary/aromatic N) is 2. The number of carbonyl (C=O) groups is 2. The van der Waals surface area contributed by atoms with Gasteiger partial charge in [0.1, 0.15) is 11.2 Å². The molecule has 1 aliphatic rings. The number of ether oxygens (including phenoxy) is 2. The number of nitrogens with one attached hydrogen (secondary N) is 1. The summed E-state index contributed by atoms with van der Waals surface area (Å²) in [6, 6.07) is 8.12. The molecule has 1 N–H and O–H groups in total. The molecule has 1 fully saturated rings. The van der Waals surface area contributed by atoms with E-state index in [1.807, 2.05) is 77.6 Å². The summed E-state index contributed by atoms with van der Waals surface area (Å²) in [6.07, 6.45) is 1.37. The fourth-order valence-electron chi connectivity index (χ4n) is 3.48. The number of hydrogen-bond acceptors (Lipinski definition) is 5. The Labute approximate surface area is 187 Å². The van der Waals surface area contributed by atoms with E-state index in [1.54, 1.807) is 4.90 Å². The third-order valence-electron chi connectivity index (χ3n) is 4.88. The van der Waals surface area contributed by atoms with Crippen molar-refractivity contribution in [3.63, 3.8) is 0 Å². The Balaban J connectivity index is 1.96. The van der Waals surface area contributed by atoms with E-state index in [9.17, 15) is 9.59 Å². The molecule has 0 spiro atoms. The number of likely N-dealkylation sites (tertiary alicyclic amines) is 1. The third-order valence-corrected chi connectivity index (χ3v) is 4.88. The van der Waals surface area contributed by atoms with Crippen LogP contribution in [-0.4, -0.2) is 58.9 Å². The van der Waals surface area contributed by atoms with E-state index in [0.29, 0.717) is 19.6 Å². The Morgan fingerprint density at radius 3 is 2.42 bits per heavy atom. The first-order chi connectivity index (χ1) is 14.4. The Hall–Kier alpha value is -2.44. The zero-order chi connectivity index (χ0) is 23.2. The predicted molar refractivity (Wildman–Crippen MR) is 123 cm³/mol. The Kier molecular flexibility index (Phi) is 8.21. The van der Waals surface area contributed by atoms with Crippen LogP contribution in [0.3, 0.4) is 0 Å². The molecular weight excluding hydrogens is 394 g/mol. The van der Waals surface area contributed by atoms with Gasteiger partial charge in [-0.25, -0.2) is 9.59 Å². The van der Waals surface area contributed by atoms with Gasteiger partial charge in [-0.3, -0.25) is 0 Å². The number of anilines is 1. The molecule has 31 heavy (non-hydrogen) atoms. The molecule has 0 radical (unpaired) electrons. The minimum absolute atomic E-state index is 0.104. The van der Waals surface area contributed by atoms with Crippen molar-refractivity contribution in [2.45, 2.75) is 85.1 Å². The van der Waals surface area contributed by atoms with E-state index in [2.05, 4.69) is 5.32 Å². The van der Waals surface area contributed by atoms with Crippen LogP contribution in [0.25, 0.3) is 0 Å². The van der Waals surface area contributed by atoms with Crippen molar-refractivity contribution in [2.75, 3.05) is 25.0 Å². The predicted octanol–water partition coefficient (Wildman–Crippen LogP) is 5.26. The number of amides is 2. The Morgan fingerprint density at radius 1 is 1.13 bits per heavy atom. The lowest BCUT2D eigenvalue weighted by Crippen LogP contribution is -2.42. The van der Waals surface area contributed by atoms with Crippen molar-refractivity contribution in [1.29, 1.82) is 0 Å². The molecule has 7 nitrogen and oxygen atoms in total. The normalized spacial score (nSPS) is 16.7. The van der Waals surface area contributed by atoms with Crippen molar-refractivity contribution in [3.8, 4) is 0 Å². The number of hydrogen-bond donors (Lipinski definition) is 1. The molecular formula is C24H39N3O4. The summed E-state index contributed by atoms with van der Waals surface area (Å²) >= 11 is 0. The van der Waals surface area contributed by atoms with E-state index >= 15 is 0 Å². The monoisotopic (exact) mass is 433 g/mol. The maximum absolute atomic E-state index is 12.5. The highest BCUT2D eigenvalue weighted by molar-refractivity contribution is 5.69. The molecule has 1 heterocycles. The molecule has 1 unspecified atom stereocenters. The van der Waals surface area contributed by atoms with E-state index in [-0.39, 0.29) is 18.2 Å². The van der Waals surface area contributed by atoms with Crippen molar-refractivity contribution < 1.29 is 19.1 Å². The minimum Gasteiger partial charge on any atom is -0.444 e. The summed E-state index contributed by atoms with van der Waals surface area (Å²) in [5.41, 5.74) is 0.974. The van der Waals surface area contributed by atoms with Crippen molar-refractivity contribution in [2.24, 2.45) is 0 Å². The molecule has 0 bridgehead atoms. The van der Waals surface area contributed by atoms with Gasteiger partial charge >= 0.3 is 12.2 Å². The van der Waals surface area contributed by atoms with Crippen LogP contribution in [0.2, 0.25) is 0 Å². The van der Waals surface area contributed by atoms with Gasteiger partial charge in [0.2, 0.25) is 0 Å². The van der Waals surface area contributed by atoms with Gasteiger partial charge in [0.05, 0.1) is 6.04 Å². The minimum atomic E-state index is -0.519. The second-order valence-electron chi connectivity index (χ2n) is 10.0. The largest absolute Gasteiger partial charge is 0.444 e. The lowest BCUT2D eigenvalue weighted by atomic mass is 10.1. The molecule has 1 atom stereocenters. The maximum atomic E-state index is 12.5. The van der Waals surface area contributed by atoms with Crippen molar-refractivity contribution in [1.82, 2.24) is 9.80 Å². The van der Waals surface area contributed by atoms with E-state index < -0.39 is 11.2 Å². The van der Waals surface area contributed by atoms with Gasteiger partial charge in [0.25, 0.3) is 0 Å². The van der Waals surface area contributed by atoms with Gasteiger partial charge in [-0.05, 0) is 79.0 Å². The molecule has 2 rings (SSSR count). The average molecular weight is 434 g/mol. The summed E-state index contributed by atoms with van der Waals surface area (Å²) in [5, 5.41) is 3.45. The summed E-state index contributed by atoms with van der Waals surface area (Å²) in [6.45, 7) is 15.6. The van der Waals surface area contributed by atoms with Crippen LogP contribution in [0.1, 0.15) is 66.9 Å². The van der Waals surface area contributed by atoms with Gasteiger partial charge in [-0.1, -0.05) is 12.1 Å². The summed E-state index contributed by atoms with van der Waals surface area (Å²) in [7, 11) is 0. The topological polar surface area (TPSA) is 71.1 Å². The maximum Gasteiger partial charge on any atom is 0.410 e. The van der Waals surface area contributed by atoms with Crippen LogP contribution in [0, 0.1) is 0 Å². The molecule has 7 heteroatoms. The molecule has 1 saturated heterocycles. The van der Waals surface area contributed by atoms with Gasteiger partial charge in [0, 0.05) is 31.9 Å². The molecule has 0 aliphatic carbocycles. The van der Waals surface area contributed by atoms with Gasteiger partial charge < -0.3 is 24.6 Å².